The van der Waals surface area contributed by atoms with E-state index >= 15 is 0 Å². The predicted octanol–water partition coefficient (Wildman–Crippen LogP) is 2.85. The van der Waals surface area contributed by atoms with E-state index in [0.717, 1.165) is 0 Å². The monoisotopic (exact) mass is 156 g/mol. The van der Waals surface area contributed by atoms with Crippen LogP contribution in [0.25, 0.3) is 0 Å². The van der Waals surface area contributed by atoms with Gasteiger partial charge in [0.05, 0.1) is 6.10 Å². The first-order chi connectivity index (χ1) is 4.90. The van der Waals surface area contributed by atoms with Crippen molar-refractivity contribution < 1.29 is 4.74 Å². The van der Waals surface area contributed by atoms with E-state index in [1.54, 1.807) is 0 Å². The molecule has 1 fully saturated rings. The van der Waals surface area contributed by atoms with E-state index < -0.39 is 0 Å². The van der Waals surface area contributed by atoms with Crippen LogP contribution in [-0.2, 0) is 4.74 Å². The summed E-state index contributed by atoms with van der Waals surface area (Å²) in [6, 6.07) is 0. The van der Waals surface area contributed by atoms with Crippen LogP contribution in [0.4, 0.5) is 0 Å². The Hall–Kier alpha value is -0.0400. The van der Waals surface area contributed by atoms with Gasteiger partial charge in [-0.3, -0.25) is 0 Å². The van der Waals surface area contributed by atoms with Crippen molar-refractivity contribution in [1.82, 2.24) is 0 Å². The van der Waals surface area contributed by atoms with Crippen molar-refractivity contribution in [2.45, 2.75) is 46.6 Å². The molecule has 1 saturated carbocycles. The molecule has 0 aromatic carbocycles. The molecule has 0 bridgehead atoms. The normalized spacial score (nSPS) is 29.2. The van der Waals surface area contributed by atoms with Crippen molar-refractivity contribution in [2.75, 3.05) is 7.11 Å². The fourth-order valence-corrected chi connectivity index (χ4v) is 2.60. The van der Waals surface area contributed by atoms with Gasteiger partial charge in [-0.1, -0.05) is 27.7 Å². The van der Waals surface area contributed by atoms with Gasteiger partial charge in [0.1, 0.15) is 0 Å². The molecule has 0 spiro atoms. The first-order valence-corrected chi connectivity index (χ1v) is 4.43. The van der Waals surface area contributed by atoms with Gasteiger partial charge < -0.3 is 4.74 Å². The van der Waals surface area contributed by atoms with Crippen molar-refractivity contribution in [3.8, 4) is 0 Å². The Morgan fingerprint density at radius 1 is 1.00 bits per heavy atom. The Bertz CT molecular complexity index is 131. The molecule has 0 amide bonds. The van der Waals surface area contributed by atoms with Crippen LogP contribution in [0.15, 0.2) is 0 Å². The van der Waals surface area contributed by atoms with Crippen molar-refractivity contribution in [2.24, 2.45) is 10.8 Å². The summed E-state index contributed by atoms with van der Waals surface area (Å²) in [6.07, 6.45) is 3.01. The van der Waals surface area contributed by atoms with E-state index in [-0.39, 0.29) is 0 Å². The van der Waals surface area contributed by atoms with Gasteiger partial charge in [0.2, 0.25) is 0 Å². The maximum atomic E-state index is 5.54. The number of hydrogen-bond donors (Lipinski definition) is 0. The lowest BCUT2D eigenvalue weighted by Gasteiger charge is -2.33. The minimum Gasteiger partial charge on any atom is -0.380 e. The van der Waals surface area contributed by atoms with Gasteiger partial charge in [-0.15, -0.1) is 0 Å². The summed E-state index contributed by atoms with van der Waals surface area (Å²) in [5.74, 6) is 0. The number of ether oxygens (including phenoxy) is 1. The maximum absolute atomic E-state index is 5.54. The quantitative estimate of drug-likeness (QED) is 0.567. The molecular formula is C10H20O. The smallest absolute Gasteiger partial charge is 0.0673 e. The van der Waals surface area contributed by atoms with Crippen LogP contribution in [0.2, 0.25) is 0 Å². The van der Waals surface area contributed by atoms with Gasteiger partial charge in [-0.2, -0.15) is 0 Å². The van der Waals surface area contributed by atoms with Gasteiger partial charge in [0, 0.05) is 7.11 Å². The first kappa shape index (κ1) is 9.05. The molecule has 66 valence electrons. The van der Waals surface area contributed by atoms with Crippen LogP contribution in [0.3, 0.4) is 0 Å². The maximum Gasteiger partial charge on any atom is 0.0673 e. The lowest BCUT2D eigenvalue weighted by molar-refractivity contribution is -0.0291. The molecule has 0 radical (unpaired) electrons. The average molecular weight is 156 g/mol. The molecule has 0 aromatic heterocycles. The Labute approximate surface area is 70.1 Å². The summed E-state index contributed by atoms with van der Waals surface area (Å²) in [5.41, 5.74) is 0.747. The summed E-state index contributed by atoms with van der Waals surface area (Å²) < 4.78 is 5.54. The standard InChI is InChI=1S/C10H20O/c1-9(2)6-7-10(3,4)8(9)11-5/h8H,6-7H2,1-5H3. The van der Waals surface area contributed by atoms with E-state index in [9.17, 15) is 0 Å². The lowest BCUT2D eigenvalue weighted by Crippen LogP contribution is -2.35. The molecule has 0 atom stereocenters. The first-order valence-electron chi connectivity index (χ1n) is 4.43. The fourth-order valence-electron chi connectivity index (χ4n) is 2.60. The molecule has 1 heteroatoms. The summed E-state index contributed by atoms with van der Waals surface area (Å²) in [7, 11) is 1.83. The molecule has 11 heavy (non-hydrogen) atoms. The molecule has 0 heterocycles. The van der Waals surface area contributed by atoms with Crippen molar-refractivity contribution >= 4 is 0 Å². The minimum absolute atomic E-state index is 0.373. The number of hydrogen-bond acceptors (Lipinski definition) is 1. The highest BCUT2D eigenvalue weighted by Crippen LogP contribution is 2.50. The summed E-state index contributed by atoms with van der Waals surface area (Å²) >= 11 is 0. The molecule has 0 saturated heterocycles. The highest BCUT2D eigenvalue weighted by atomic mass is 16.5. The molecule has 0 aliphatic heterocycles. The van der Waals surface area contributed by atoms with Crippen LogP contribution in [0.1, 0.15) is 40.5 Å². The third-order valence-corrected chi connectivity index (χ3v) is 3.07. The fraction of sp³-hybridized carbons (Fsp3) is 1.00. The zero-order valence-electron chi connectivity index (χ0n) is 8.40. The van der Waals surface area contributed by atoms with Crippen LogP contribution in [0.5, 0.6) is 0 Å². The van der Waals surface area contributed by atoms with Crippen LogP contribution in [0, 0.1) is 10.8 Å². The molecule has 0 aromatic rings. The second-order valence-corrected chi connectivity index (χ2v) is 5.09. The molecule has 0 N–H and O–H groups in total. The van der Waals surface area contributed by atoms with Crippen LogP contribution < -0.4 is 0 Å². The highest BCUT2D eigenvalue weighted by molar-refractivity contribution is 4.97. The average Bonchev–Trinajstić information content (AvgIpc) is 2.03. The van der Waals surface area contributed by atoms with Crippen LogP contribution in [-0.4, -0.2) is 13.2 Å². The lowest BCUT2D eigenvalue weighted by atomic mass is 9.81. The zero-order valence-corrected chi connectivity index (χ0v) is 8.40. The Balaban J connectivity index is 2.80. The van der Waals surface area contributed by atoms with Crippen molar-refractivity contribution in [1.29, 1.82) is 0 Å². The molecule has 1 aliphatic rings. The van der Waals surface area contributed by atoms with Gasteiger partial charge in [0.15, 0.2) is 0 Å². The molecule has 1 nitrogen and oxygen atoms in total. The SMILES string of the molecule is COC1C(C)(C)CCC1(C)C. The topological polar surface area (TPSA) is 9.23 Å². The second-order valence-electron chi connectivity index (χ2n) is 5.09. The van der Waals surface area contributed by atoms with E-state index in [0.29, 0.717) is 16.9 Å². The molecule has 0 unspecified atom stereocenters. The van der Waals surface area contributed by atoms with Crippen molar-refractivity contribution in [3.05, 3.63) is 0 Å². The Morgan fingerprint density at radius 2 is 1.36 bits per heavy atom. The number of methoxy groups -OCH3 is 1. The zero-order chi connectivity index (χ0) is 8.70. The van der Waals surface area contributed by atoms with E-state index in [4.69, 9.17) is 4.74 Å². The summed E-state index contributed by atoms with van der Waals surface area (Å²) in [4.78, 5) is 0. The Kier molecular flexibility index (Phi) is 2.04. The highest BCUT2D eigenvalue weighted by Gasteiger charge is 2.47. The third kappa shape index (κ3) is 1.44. The molecular weight excluding hydrogens is 136 g/mol. The minimum atomic E-state index is 0.373. The molecule has 1 aliphatic carbocycles. The van der Waals surface area contributed by atoms with Gasteiger partial charge >= 0.3 is 0 Å². The van der Waals surface area contributed by atoms with Gasteiger partial charge in [0.25, 0.3) is 0 Å². The van der Waals surface area contributed by atoms with E-state index in [2.05, 4.69) is 27.7 Å². The van der Waals surface area contributed by atoms with E-state index in [1.807, 2.05) is 7.11 Å². The third-order valence-electron chi connectivity index (χ3n) is 3.07. The molecule has 1 rings (SSSR count). The van der Waals surface area contributed by atoms with Gasteiger partial charge in [-0.25, -0.2) is 0 Å². The summed E-state index contributed by atoms with van der Waals surface area (Å²) in [5, 5.41) is 0. The predicted molar refractivity (Wildman–Crippen MR) is 47.6 cm³/mol. The second kappa shape index (κ2) is 2.48. The largest absolute Gasteiger partial charge is 0.380 e. The number of rotatable bonds is 1. The summed E-state index contributed by atoms with van der Waals surface area (Å²) in [6.45, 7) is 9.21. The van der Waals surface area contributed by atoms with Crippen molar-refractivity contribution in [3.63, 3.8) is 0 Å². The Morgan fingerprint density at radius 3 is 1.55 bits per heavy atom. The van der Waals surface area contributed by atoms with Gasteiger partial charge in [-0.05, 0) is 23.7 Å². The van der Waals surface area contributed by atoms with Crippen LogP contribution >= 0.6 is 0 Å². The van der Waals surface area contributed by atoms with E-state index in [1.165, 1.54) is 12.8 Å².